The predicted octanol–water partition coefficient (Wildman–Crippen LogP) is 2.07. The molecule has 0 heterocycles. The van der Waals surface area contributed by atoms with Gasteiger partial charge in [0.1, 0.15) is 17.0 Å². The molecule has 1 rings (SSSR count). The van der Waals surface area contributed by atoms with Gasteiger partial charge in [0, 0.05) is 6.42 Å². The third kappa shape index (κ3) is 5.31. The second kappa shape index (κ2) is 7.14. The number of nitrogens with zero attached hydrogens (tertiary/aromatic N) is 1. The minimum Gasteiger partial charge on any atom is -0.467 e. The van der Waals surface area contributed by atoms with Crippen LogP contribution in [0.3, 0.4) is 0 Å². The Labute approximate surface area is 163 Å². The summed E-state index contributed by atoms with van der Waals surface area (Å²) in [6, 6.07) is 0. The second-order valence-electron chi connectivity index (χ2n) is 8.52. The molecule has 0 aromatic carbocycles. The number of methoxy groups -OCH3 is 1. The first-order valence-electron chi connectivity index (χ1n) is 8.27. The van der Waals surface area contributed by atoms with E-state index >= 15 is 4.39 Å². The van der Waals surface area contributed by atoms with Gasteiger partial charge in [-0.15, -0.1) is 0 Å². The summed E-state index contributed by atoms with van der Waals surface area (Å²) in [5.41, 5.74) is -7.92. The first-order valence-corrected chi connectivity index (χ1v) is 9.88. The summed E-state index contributed by atoms with van der Waals surface area (Å²) in [5, 5.41) is 0. The van der Waals surface area contributed by atoms with Crippen LogP contribution in [0.5, 0.6) is 0 Å². The van der Waals surface area contributed by atoms with E-state index in [1.807, 2.05) is 0 Å². The van der Waals surface area contributed by atoms with E-state index in [1.165, 1.54) is 41.5 Å². The zero-order valence-electron chi connectivity index (χ0n) is 16.9. The molecule has 1 fully saturated rings. The number of alkyl halides is 1. The molecule has 0 saturated heterocycles. The van der Waals surface area contributed by atoms with Gasteiger partial charge in [-0.2, -0.15) is 13.3 Å². The van der Waals surface area contributed by atoms with Crippen molar-refractivity contribution in [3.8, 4) is 0 Å². The number of esters is 1. The molecule has 1 unspecified atom stereocenters. The van der Waals surface area contributed by atoms with Gasteiger partial charge in [0.2, 0.25) is 0 Å². The van der Waals surface area contributed by atoms with Crippen LogP contribution in [0.15, 0.2) is 0 Å². The molecule has 1 aliphatic rings. The summed E-state index contributed by atoms with van der Waals surface area (Å²) < 4.78 is 61.4. The molecule has 10 nitrogen and oxygen atoms in total. The zero-order valence-corrected chi connectivity index (χ0v) is 17.7. The first kappa shape index (κ1) is 24.1. The van der Waals surface area contributed by atoms with Gasteiger partial charge in [0.25, 0.3) is 10.1 Å². The highest BCUT2D eigenvalue weighted by atomic mass is 32.2. The Morgan fingerprint density at radius 2 is 1.43 bits per heavy atom. The average Bonchev–Trinajstić information content (AvgIpc) is 2.96. The highest BCUT2D eigenvalue weighted by Crippen LogP contribution is 2.57. The number of hydrogen-bond donors (Lipinski definition) is 1. The number of ether oxygens (including phenoxy) is 3. The van der Waals surface area contributed by atoms with Crippen LogP contribution in [0.2, 0.25) is 0 Å². The predicted molar refractivity (Wildman–Crippen MR) is 93.9 cm³/mol. The molecule has 2 atom stereocenters. The number of halogens is 1. The maximum absolute atomic E-state index is 15.3. The summed E-state index contributed by atoms with van der Waals surface area (Å²) in [4.78, 5) is 37.8. The molecule has 0 aromatic heterocycles. The van der Waals surface area contributed by atoms with Crippen LogP contribution in [0.1, 0.15) is 48.0 Å². The Hall–Kier alpha value is -1.95. The zero-order chi connectivity index (χ0) is 22.3. The Bertz CT molecular complexity index is 740. The number of amides is 2. The van der Waals surface area contributed by atoms with Crippen molar-refractivity contribution < 1.29 is 46.0 Å². The normalized spacial score (nSPS) is 24.9. The molecule has 1 aliphatic carbocycles. The van der Waals surface area contributed by atoms with E-state index < -0.39 is 62.9 Å². The summed E-state index contributed by atoms with van der Waals surface area (Å²) in [6.45, 7) is 8.81. The van der Waals surface area contributed by atoms with Crippen molar-refractivity contribution in [3.05, 3.63) is 0 Å². The topological polar surface area (TPSA) is 137 Å². The summed E-state index contributed by atoms with van der Waals surface area (Å²) >= 11 is 0. The lowest BCUT2D eigenvalue weighted by Gasteiger charge is -2.33. The molecule has 0 aliphatic heterocycles. The Morgan fingerprint density at radius 3 is 1.71 bits per heavy atom. The van der Waals surface area contributed by atoms with E-state index in [9.17, 15) is 22.8 Å². The molecule has 162 valence electrons. The van der Waals surface area contributed by atoms with Crippen LogP contribution in [0.4, 0.5) is 14.0 Å². The van der Waals surface area contributed by atoms with Gasteiger partial charge in [-0.1, -0.05) is 0 Å². The molecule has 1 saturated carbocycles. The van der Waals surface area contributed by atoms with Crippen molar-refractivity contribution in [1.29, 1.82) is 0 Å². The number of carbonyl (C=O) groups excluding carboxylic acids is 3. The number of rotatable bonds is 4. The molecule has 12 heteroatoms. The van der Waals surface area contributed by atoms with Crippen molar-refractivity contribution in [1.82, 2.24) is 4.90 Å². The van der Waals surface area contributed by atoms with Gasteiger partial charge < -0.3 is 14.2 Å². The van der Waals surface area contributed by atoms with Crippen LogP contribution in [0.25, 0.3) is 0 Å². The van der Waals surface area contributed by atoms with Crippen molar-refractivity contribution in [2.24, 2.45) is 0 Å². The maximum atomic E-state index is 15.3. The van der Waals surface area contributed by atoms with E-state index in [1.54, 1.807) is 0 Å². The molecular weight excluding hydrogens is 401 g/mol. The molecule has 0 radical (unpaired) electrons. The number of carbonyl (C=O) groups is 3. The monoisotopic (exact) mass is 427 g/mol. The van der Waals surface area contributed by atoms with Gasteiger partial charge >= 0.3 is 18.2 Å². The molecule has 28 heavy (non-hydrogen) atoms. The van der Waals surface area contributed by atoms with Crippen molar-refractivity contribution in [2.75, 3.05) is 12.9 Å². The molecule has 0 spiro atoms. The van der Waals surface area contributed by atoms with Crippen molar-refractivity contribution in [2.45, 2.75) is 70.4 Å². The lowest BCUT2D eigenvalue weighted by atomic mass is 10.1. The fraction of sp³-hybridized carbons (Fsp3) is 0.812. The number of hydrogen-bond acceptors (Lipinski definition) is 8. The standard InChI is InChI=1S/C16H26FNO9S/c1-13(2,3)26-11(20)18(12(21)27-14(4,5)6)16(10(19)25-7)8-15(16,17)9-28(22,23)24/h8-9H2,1-7H3,(H,22,23,24)/t15-,16?/m1/s1. The summed E-state index contributed by atoms with van der Waals surface area (Å²) in [6.07, 6.45) is -3.77. The minimum atomic E-state index is -4.90. The third-order valence-corrected chi connectivity index (χ3v) is 4.44. The maximum Gasteiger partial charge on any atom is 0.420 e. The van der Waals surface area contributed by atoms with Crippen LogP contribution in [-0.2, 0) is 29.1 Å². The van der Waals surface area contributed by atoms with Gasteiger partial charge in [-0.05, 0) is 41.5 Å². The Balaban J connectivity index is 3.52. The molecule has 0 aromatic rings. The largest absolute Gasteiger partial charge is 0.467 e. The fourth-order valence-corrected chi connectivity index (χ4v) is 3.54. The molecular formula is C16H26FNO9S. The highest BCUT2D eigenvalue weighted by molar-refractivity contribution is 7.85. The Morgan fingerprint density at radius 1 is 1.04 bits per heavy atom. The van der Waals surface area contributed by atoms with Crippen molar-refractivity contribution in [3.63, 3.8) is 0 Å². The average molecular weight is 427 g/mol. The minimum absolute atomic E-state index is 0.0838. The van der Waals surface area contributed by atoms with E-state index in [4.69, 9.17) is 14.0 Å². The van der Waals surface area contributed by atoms with Crippen LogP contribution in [0, 0.1) is 0 Å². The number of imide groups is 1. The molecule has 2 amide bonds. The van der Waals surface area contributed by atoms with Crippen LogP contribution < -0.4 is 0 Å². The second-order valence-corrected chi connectivity index (χ2v) is 9.97. The lowest BCUT2D eigenvalue weighted by Crippen LogP contribution is -2.58. The Kier molecular flexibility index (Phi) is 6.14. The van der Waals surface area contributed by atoms with Gasteiger partial charge in [0.15, 0.2) is 11.2 Å². The van der Waals surface area contributed by atoms with E-state index in [0.717, 1.165) is 7.11 Å². The first-order chi connectivity index (χ1) is 12.3. The van der Waals surface area contributed by atoms with Gasteiger partial charge in [-0.25, -0.2) is 18.8 Å². The smallest absolute Gasteiger partial charge is 0.420 e. The van der Waals surface area contributed by atoms with Crippen molar-refractivity contribution >= 4 is 28.3 Å². The lowest BCUT2D eigenvalue weighted by molar-refractivity contribution is -0.150. The van der Waals surface area contributed by atoms with E-state index in [-0.39, 0.29) is 4.90 Å². The summed E-state index contributed by atoms with van der Waals surface area (Å²) in [7, 11) is -4.03. The highest BCUT2D eigenvalue weighted by Gasteiger charge is 2.82. The quantitative estimate of drug-likeness (QED) is 0.406. The van der Waals surface area contributed by atoms with Crippen LogP contribution in [-0.4, -0.2) is 71.3 Å². The third-order valence-electron chi connectivity index (χ3n) is 3.62. The SMILES string of the molecule is COC(=O)C1(N(C(=O)OC(C)(C)C)C(=O)OC(C)(C)C)C[C@@]1(F)CS(=O)(=O)O. The summed E-state index contributed by atoms with van der Waals surface area (Å²) in [5.74, 6) is -2.92. The molecule has 0 bridgehead atoms. The fourth-order valence-electron chi connectivity index (χ4n) is 2.62. The van der Waals surface area contributed by atoms with E-state index in [0.29, 0.717) is 0 Å². The van der Waals surface area contributed by atoms with Gasteiger partial charge in [-0.3, -0.25) is 4.55 Å². The van der Waals surface area contributed by atoms with E-state index in [2.05, 4.69) is 4.74 Å². The van der Waals surface area contributed by atoms with Gasteiger partial charge in [0.05, 0.1) is 7.11 Å². The molecule has 1 N–H and O–H groups in total. The van der Waals surface area contributed by atoms with Crippen LogP contribution >= 0.6 is 0 Å².